The summed E-state index contributed by atoms with van der Waals surface area (Å²) < 4.78 is 0. The zero-order valence-corrected chi connectivity index (χ0v) is 9.78. The number of nitrogens with zero attached hydrogens (tertiary/aromatic N) is 1. The normalized spacial score (nSPS) is 15.3. The van der Waals surface area contributed by atoms with Gasteiger partial charge in [-0.15, -0.1) is 0 Å². The van der Waals surface area contributed by atoms with Crippen molar-refractivity contribution in [1.29, 1.82) is 0 Å². The van der Waals surface area contributed by atoms with Crippen molar-refractivity contribution in [3.05, 3.63) is 34.9 Å². The Kier molecular flexibility index (Phi) is 4.54. The average molecular weight is 229 g/mol. The topological polar surface area (TPSA) is 49.5 Å². The van der Waals surface area contributed by atoms with Gasteiger partial charge in [0.1, 0.15) is 0 Å². The lowest BCUT2D eigenvalue weighted by atomic mass is 10.0. The quantitative estimate of drug-likeness (QED) is 0.816. The first kappa shape index (κ1) is 12.5. The molecule has 4 heteroatoms. The minimum Gasteiger partial charge on any atom is -0.390 e. The van der Waals surface area contributed by atoms with Crippen molar-refractivity contribution in [1.82, 2.24) is 4.90 Å². The van der Waals surface area contributed by atoms with Gasteiger partial charge in [0, 0.05) is 11.6 Å². The number of halogens is 1. The van der Waals surface area contributed by atoms with Gasteiger partial charge < -0.3 is 15.7 Å². The van der Waals surface area contributed by atoms with Crippen LogP contribution >= 0.6 is 11.6 Å². The van der Waals surface area contributed by atoms with E-state index >= 15 is 0 Å². The van der Waals surface area contributed by atoms with Gasteiger partial charge >= 0.3 is 0 Å². The van der Waals surface area contributed by atoms with E-state index in [1.807, 2.05) is 43.3 Å². The number of likely N-dealkylation sites (N-methyl/N-ethyl adjacent to an activating group) is 1. The van der Waals surface area contributed by atoms with Crippen LogP contribution in [0.4, 0.5) is 0 Å². The third-order valence-corrected chi connectivity index (χ3v) is 2.63. The lowest BCUT2D eigenvalue weighted by Gasteiger charge is -2.28. The lowest BCUT2D eigenvalue weighted by Crippen LogP contribution is -2.36. The summed E-state index contributed by atoms with van der Waals surface area (Å²) in [5.41, 5.74) is 6.49. The molecule has 0 aromatic heterocycles. The monoisotopic (exact) mass is 228 g/mol. The molecule has 2 atom stereocenters. The number of hydrogen-bond donors (Lipinski definition) is 2. The van der Waals surface area contributed by atoms with E-state index in [-0.39, 0.29) is 12.6 Å². The van der Waals surface area contributed by atoms with Crippen LogP contribution in [0.5, 0.6) is 0 Å². The van der Waals surface area contributed by atoms with Gasteiger partial charge in [0.25, 0.3) is 0 Å². The number of aliphatic hydroxyl groups excluding tert-OH is 1. The van der Waals surface area contributed by atoms with Crippen molar-refractivity contribution >= 4 is 11.6 Å². The molecule has 84 valence electrons. The molecule has 0 saturated heterocycles. The molecule has 3 nitrogen and oxygen atoms in total. The van der Waals surface area contributed by atoms with Gasteiger partial charge in [-0.25, -0.2) is 0 Å². The molecular formula is C11H17ClN2O. The summed E-state index contributed by atoms with van der Waals surface area (Å²) in [5, 5.41) is 10.5. The van der Waals surface area contributed by atoms with Crippen LogP contribution in [0.25, 0.3) is 0 Å². The molecule has 0 aliphatic carbocycles. The molecule has 1 rings (SSSR count). The minimum atomic E-state index is -0.568. The van der Waals surface area contributed by atoms with Gasteiger partial charge in [-0.2, -0.15) is 0 Å². The van der Waals surface area contributed by atoms with Crippen LogP contribution in [0, 0.1) is 0 Å². The van der Waals surface area contributed by atoms with Crippen LogP contribution in [0.3, 0.4) is 0 Å². The number of benzene rings is 1. The van der Waals surface area contributed by atoms with E-state index in [0.29, 0.717) is 5.02 Å². The Labute approximate surface area is 95.5 Å². The molecule has 1 aromatic rings. The second-order valence-electron chi connectivity index (χ2n) is 3.76. The summed E-state index contributed by atoms with van der Waals surface area (Å²) in [6.07, 6.45) is -0.568. The summed E-state index contributed by atoms with van der Waals surface area (Å²) in [6.45, 7) is 0.242. The van der Waals surface area contributed by atoms with E-state index in [2.05, 4.69) is 0 Å². The molecule has 3 N–H and O–H groups in total. The second kappa shape index (κ2) is 5.47. The van der Waals surface area contributed by atoms with Crippen molar-refractivity contribution in [2.75, 3.05) is 20.6 Å². The van der Waals surface area contributed by atoms with Crippen LogP contribution in [0.15, 0.2) is 24.3 Å². The predicted octanol–water partition coefficient (Wildman–Crippen LogP) is 1.26. The molecule has 15 heavy (non-hydrogen) atoms. The maximum atomic E-state index is 9.81. The van der Waals surface area contributed by atoms with Crippen molar-refractivity contribution in [3.8, 4) is 0 Å². The lowest BCUT2D eigenvalue weighted by molar-refractivity contribution is 0.0823. The fourth-order valence-corrected chi connectivity index (χ4v) is 1.78. The molecule has 0 amide bonds. The van der Waals surface area contributed by atoms with Crippen LogP contribution in [0.1, 0.15) is 11.6 Å². The predicted molar refractivity (Wildman–Crippen MR) is 62.9 cm³/mol. The van der Waals surface area contributed by atoms with Gasteiger partial charge in [-0.05, 0) is 31.8 Å². The van der Waals surface area contributed by atoms with Crippen LogP contribution in [-0.4, -0.2) is 36.8 Å². The van der Waals surface area contributed by atoms with Gasteiger partial charge in [-0.3, -0.25) is 0 Å². The molecular weight excluding hydrogens is 212 g/mol. The van der Waals surface area contributed by atoms with Crippen LogP contribution in [-0.2, 0) is 0 Å². The molecule has 1 aromatic carbocycles. The second-order valence-corrected chi connectivity index (χ2v) is 4.20. The average Bonchev–Trinajstić information content (AvgIpc) is 2.20. The smallest absolute Gasteiger partial charge is 0.0858 e. The third-order valence-electron chi connectivity index (χ3n) is 2.37. The summed E-state index contributed by atoms with van der Waals surface area (Å²) in [5.74, 6) is 0. The van der Waals surface area contributed by atoms with E-state index in [9.17, 15) is 5.11 Å². The van der Waals surface area contributed by atoms with Crippen molar-refractivity contribution in [2.24, 2.45) is 5.73 Å². The Balaban J connectivity index is 2.94. The standard InChI is InChI=1S/C11H17ClN2O/c1-14(2)11(10(15)7-13)8-3-5-9(12)6-4-8/h3-6,10-11,15H,7,13H2,1-2H3. The summed E-state index contributed by atoms with van der Waals surface area (Å²) in [6, 6.07) is 7.36. The molecule has 0 saturated carbocycles. The maximum absolute atomic E-state index is 9.81. The largest absolute Gasteiger partial charge is 0.390 e. The highest BCUT2D eigenvalue weighted by molar-refractivity contribution is 6.30. The summed E-state index contributed by atoms with van der Waals surface area (Å²) >= 11 is 5.81. The van der Waals surface area contributed by atoms with E-state index < -0.39 is 6.10 Å². The van der Waals surface area contributed by atoms with Crippen molar-refractivity contribution in [3.63, 3.8) is 0 Å². The first-order valence-corrected chi connectivity index (χ1v) is 5.24. The highest BCUT2D eigenvalue weighted by Gasteiger charge is 2.21. The van der Waals surface area contributed by atoms with Crippen molar-refractivity contribution in [2.45, 2.75) is 12.1 Å². The Bertz CT molecular complexity index is 300. The molecule has 2 unspecified atom stereocenters. The van der Waals surface area contributed by atoms with Gasteiger partial charge in [0.05, 0.1) is 12.1 Å². The molecule has 0 aliphatic heterocycles. The van der Waals surface area contributed by atoms with E-state index in [1.165, 1.54) is 0 Å². The van der Waals surface area contributed by atoms with Crippen LogP contribution < -0.4 is 5.73 Å². The molecule has 0 fully saturated rings. The summed E-state index contributed by atoms with van der Waals surface area (Å²) in [7, 11) is 3.83. The molecule has 0 bridgehead atoms. The number of aliphatic hydroxyl groups is 1. The number of nitrogens with two attached hydrogens (primary N) is 1. The zero-order chi connectivity index (χ0) is 11.4. The summed E-state index contributed by atoms with van der Waals surface area (Å²) in [4.78, 5) is 1.95. The zero-order valence-electron chi connectivity index (χ0n) is 9.02. The maximum Gasteiger partial charge on any atom is 0.0858 e. The Morgan fingerprint density at radius 1 is 1.33 bits per heavy atom. The van der Waals surface area contributed by atoms with Gasteiger partial charge in [-0.1, -0.05) is 23.7 Å². The van der Waals surface area contributed by atoms with Gasteiger partial charge in [0.15, 0.2) is 0 Å². The number of hydrogen-bond acceptors (Lipinski definition) is 3. The Morgan fingerprint density at radius 3 is 2.27 bits per heavy atom. The van der Waals surface area contributed by atoms with Crippen molar-refractivity contribution < 1.29 is 5.11 Å². The number of rotatable bonds is 4. The van der Waals surface area contributed by atoms with Gasteiger partial charge in [0.2, 0.25) is 0 Å². The molecule has 0 heterocycles. The molecule has 0 spiro atoms. The third kappa shape index (κ3) is 3.18. The molecule has 0 radical (unpaired) electrons. The van der Waals surface area contributed by atoms with E-state index in [0.717, 1.165) is 5.56 Å². The first-order valence-electron chi connectivity index (χ1n) is 4.86. The van der Waals surface area contributed by atoms with Crippen LogP contribution in [0.2, 0.25) is 5.02 Å². The minimum absolute atomic E-state index is 0.0905. The van der Waals surface area contributed by atoms with E-state index in [4.69, 9.17) is 17.3 Å². The highest BCUT2D eigenvalue weighted by atomic mass is 35.5. The first-order chi connectivity index (χ1) is 7.06. The fourth-order valence-electron chi connectivity index (χ4n) is 1.65. The SMILES string of the molecule is CN(C)C(c1ccc(Cl)cc1)C(O)CN. The highest BCUT2D eigenvalue weighted by Crippen LogP contribution is 2.23. The Hall–Kier alpha value is -0.610. The van der Waals surface area contributed by atoms with E-state index in [1.54, 1.807) is 0 Å². The molecule has 0 aliphatic rings. The fraction of sp³-hybridized carbons (Fsp3) is 0.455. The Morgan fingerprint density at radius 2 is 1.87 bits per heavy atom.